The van der Waals surface area contributed by atoms with E-state index in [0.29, 0.717) is 0 Å². The van der Waals surface area contributed by atoms with Gasteiger partial charge in [-0.1, -0.05) is 13.8 Å². The molecule has 1 rings (SSSR count). The molecule has 0 aromatic carbocycles. The molecule has 0 aliphatic carbocycles. The molecule has 1 aliphatic rings. The second-order valence-electron chi connectivity index (χ2n) is 5.48. The summed E-state index contributed by atoms with van der Waals surface area (Å²) in [6, 6.07) is 0. The van der Waals surface area contributed by atoms with Crippen LogP contribution in [0.5, 0.6) is 0 Å². The molecule has 0 radical (unpaired) electrons. The lowest BCUT2D eigenvalue weighted by atomic mass is 9.91. The summed E-state index contributed by atoms with van der Waals surface area (Å²) in [6.45, 7) is 9.17. The lowest BCUT2D eigenvalue weighted by molar-refractivity contribution is -0.127. The number of rotatable bonds is 4. The van der Waals surface area contributed by atoms with Crippen LogP contribution in [0.2, 0.25) is 0 Å². The predicted molar refractivity (Wildman–Crippen MR) is 72.6 cm³/mol. The number of Topliss-reactive ketones (excluding diaryl/α,β-unsaturated/α-hetero) is 1. The molecule has 106 valence electrons. The summed E-state index contributed by atoms with van der Waals surface area (Å²) in [6.07, 6.45) is 2.87. The monoisotopic (exact) mass is 257 g/mol. The van der Waals surface area contributed by atoms with Crippen molar-refractivity contribution in [1.82, 2.24) is 5.32 Å². The number of hydrogen-bond donors (Lipinski definition) is 1. The Kier molecular flexibility index (Phi) is 8.03. The molecule has 0 unspecified atom stereocenters. The smallest absolute Gasteiger partial charge is 0.154 e. The predicted octanol–water partition coefficient (Wildman–Crippen LogP) is 1.82. The van der Waals surface area contributed by atoms with E-state index in [1.165, 1.54) is 0 Å². The highest BCUT2D eigenvalue weighted by Crippen LogP contribution is 2.10. The van der Waals surface area contributed by atoms with Gasteiger partial charge in [-0.2, -0.15) is 0 Å². The molecule has 0 bridgehead atoms. The zero-order valence-electron chi connectivity index (χ0n) is 12.3. The van der Waals surface area contributed by atoms with E-state index in [9.17, 15) is 9.59 Å². The highest BCUT2D eigenvalue weighted by Gasteiger charge is 2.26. The molecular weight excluding hydrogens is 230 g/mol. The average Bonchev–Trinajstić information content (AvgIpc) is 2.39. The van der Waals surface area contributed by atoms with Gasteiger partial charge in [0.25, 0.3) is 0 Å². The summed E-state index contributed by atoms with van der Waals surface area (Å²) >= 11 is 0. The minimum atomic E-state index is -0.367. The van der Waals surface area contributed by atoms with E-state index >= 15 is 0 Å². The van der Waals surface area contributed by atoms with Gasteiger partial charge in [-0.15, -0.1) is 0 Å². The van der Waals surface area contributed by atoms with Crippen LogP contribution < -0.4 is 5.32 Å². The Bertz CT molecular complexity index is 256. The van der Waals surface area contributed by atoms with Crippen LogP contribution in [-0.4, -0.2) is 37.9 Å². The Hall–Kier alpha value is -0.740. The van der Waals surface area contributed by atoms with Crippen molar-refractivity contribution in [3.05, 3.63) is 0 Å². The third-order valence-electron chi connectivity index (χ3n) is 3.22. The number of aldehydes is 1. The van der Waals surface area contributed by atoms with Gasteiger partial charge in [0.15, 0.2) is 5.78 Å². The van der Waals surface area contributed by atoms with Crippen molar-refractivity contribution < 1.29 is 14.3 Å². The van der Waals surface area contributed by atoms with Crippen molar-refractivity contribution in [1.29, 1.82) is 0 Å². The summed E-state index contributed by atoms with van der Waals surface area (Å²) in [5, 5.41) is 2.97. The molecule has 1 fully saturated rings. The molecule has 0 spiro atoms. The molecular formula is C14H27NO3. The van der Waals surface area contributed by atoms with Gasteiger partial charge in [0.2, 0.25) is 0 Å². The van der Waals surface area contributed by atoms with Gasteiger partial charge < -0.3 is 14.8 Å². The minimum absolute atomic E-state index is 0.113. The highest BCUT2D eigenvalue weighted by atomic mass is 16.5. The van der Waals surface area contributed by atoms with Gasteiger partial charge >= 0.3 is 0 Å². The zero-order chi connectivity index (χ0) is 14.2. The van der Waals surface area contributed by atoms with Crippen LogP contribution in [-0.2, 0) is 14.3 Å². The van der Waals surface area contributed by atoms with E-state index in [0.717, 1.165) is 32.3 Å². The van der Waals surface area contributed by atoms with Crippen molar-refractivity contribution in [2.75, 3.05) is 20.3 Å². The first-order valence-electron chi connectivity index (χ1n) is 6.61. The normalized spacial score (nSPS) is 17.0. The van der Waals surface area contributed by atoms with Crippen molar-refractivity contribution >= 4 is 12.1 Å². The van der Waals surface area contributed by atoms with Crippen molar-refractivity contribution in [3.63, 3.8) is 0 Å². The number of ketones is 1. The summed E-state index contributed by atoms with van der Waals surface area (Å²) < 4.78 is 5.04. The van der Waals surface area contributed by atoms with Crippen molar-refractivity contribution in [2.45, 2.75) is 46.1 Å². The fourth-order valence-corrected chi connectivity index (χ4v) is 1.70. The Morgan fingerprint density at radius 3 is 2.06 bits per heavy atom. The lowest BCUT2D eigenvalue weighted by Gasteiger charge is -2.24. The van der Waals surface area contributed by atoms with Gasteiger partial charge in [-0.05, 0) is 33.7 Å². The number of nitrogens with one attached hydrogen (secondary N) is 1. The SMILES string of the molecule is CNC(C)(C)C(=O)C(C)C.O=CC1CCOCC1. The molecule has 0 amide bonds. The fourth-order valence-electron chi connectivity index (χ4n) is 1.70. The summed E-state index contributed by atoms with van der Waals surface area (Å²) in [4.78, 5) is 21.4. The van der Waals surface area contributed by atoms with Crippen LogP contribution in [0, 0.1) is 11.8 Å². The maximum absolute atomic E-state index is 11.3. The van der Waals surface area contributed by atoms with E-state index in [4.69, 9.17) is 4.74 Å². The molecule has 1 N–H and O–H groups in total. The van der Waals surface area contributed by atoms with E-state index < -0.39 is 0 Å². The molecule has 0 aromatic rings. The minimum Gasteiger partial charge on any atom is -0.381 e. The molecule has 18 heavy (non-hydrogen) atoms. The second kappa shape index (κ2) is 8.38. The van der Waals surface area contributed by atoms with Crippen molar-refractivity contribution in [3.8, 4) is 0 Å². The van der Waals surface area contributed by atoms with Crippen LogP contribution in [0.3, 0.4) is 0 Å². The van der Waals surface area contributed by atoms with E-state index in [-0.39, 0.29) is 23.2 Å². The molecule has 4 heteroatoms. The molecule has 0 saturated carbocycles. The first-order valence-corrected chi connectivity index (χ1v) is 6.61. The number of ether oxygens (including phenoxy) is 1. The van der Waals surface area contributed by atoms with Crippen LogP contribution >= 0.6 is 0 Å². The average molecular weight is 257 g/mol. The molecule has 1 heterocycles. The Balaban J connectivity index is 0.000000327. The Labute approximate surface area is 110 Å². The summed E-state index contributed by atoms with van der Waals surface area (Å²) in [5.74, 6) is 0.654. The maximum atomic E-state index is 11.3. The highest BCUT2D eigenvalue weighted by molar-refractivity contribution is 5.89. The topological polar surface area (TPSA) is 55.4 Å². The van der Waals surface area contributed by atoms with Gasteiger partial charge in [-0.25, -0.2) is 0 Å². The molecule has 0 atom stereocenters. The third kappa shape index (κ3) is 6.26. The first kappa shape index (κ1) is 17.3. The quantitative estimate of drug-likeness (QED) is 0.781. The Morgan fingerprint density at radius 2 is 1.83 bits per heavy atom. The third-order valence-corrected chi connectivity index (χ3v) is 3.22. The van der Waals surface area contributed by atoms with Crippen LogP contribution in [0.4, 0.5) is 0 Å². The summed E-state index contributed by atoms with van der Waals surface area (Å²) in [7, 11) is 1.81. The zero-order valence-corrected chi connectivity index (χ0v) is 12.3. The molecule has 1 saturated heterocycles. The van der Waals surface area contributed by atoms with Gasteiger partial charge in [0.05, 0.1) is 5.54 Å². The van der Waals surface area contributed by atoms with Gasteiger partial charge in [0.1, 0.15) is 6.29 Å². The van der Waals surface area contributed by atoms with Crippen LogP contribution in [0.15, 0.2) is 0 Å². The Morgan fingerprint density at radius 1 is 1.33 bits per heavy atom. The van der Waals surface area contributed by atoms with Gasteiger partial charge in [0, 0.05) is 25.0 Å². The standard InChI is InChI=1S/C8H17NO.C6H10O2/c1-6(2)7(10)8(3,4)9-5;7-5-6-1-3-8-4-2-6/h6,9H,1-5H3;5-6H,1-4H2. The second-order valence-corrected chi connectivity index (χ2v) is 5.48. The van der Waals surface area contributed by atoms with Crippen LogP contribution in [0.1, 0.15) is 40.5 Å². The lowest BCUT2D eigenvalue weighted by Crippen LogP contribution is -2.46. The largest absolute Gasteiger partial charge is 0.381 e. The summed E-state index contributed by atoms with van der Waals surface area (Å²) in [5.41, 5.74) is -0.367. The molecule has 4 nitrogen and oxygen atoms in total. The first-order chi connectivity index (χ1) is 8.35. The van der Waals surface area contributed by atoms with E-state index in [1.54, 1.807) is 7.05 Å². The molecule has 0 aromatic heterocycles. The van der Waals surface area contributed by atoms with E-state index in [2.05, 4.69) is 5.32 Å². The number of carbonyl (C=O) groups excluding carboxylic acids is 2. The van der Waals surface area contributed by atoms with Gasteiger partial charge in [-0.3, -0.25) is 4.79 Å². The maximum Gasteiger partial charge on any atom is 0.154 e. The van der Waals surface area contributed by atoms with E-state index in [1.807, 2.05) is 27.7 Å². The number of hydrogen-bond acceptors (Lipinski definition) is 4. The fraction of sp³-hybridized carbons (Fsp3) is 0.857. The van der Waals surface area contributed by atoms with Crippen LogP contribution in [0.25, 0.3) is 0 Å². The van der Waals surface area contributed by atoms with Crippen molar-refractivity contribution in [2.24, 2.45) is 11.8 Å². The number of carbonyl (C=O) groups is 2. The number of likely N-dealkylation sites (N-methyl/N-ethyl adjacent to an activating group) is 1. The molecule has 1 aliphatic heterocycles.